The predicted octanol–water partition coefficient (Wildman–Crippen LogP) is 4.23. The van der Waals surface area contributed by atoms with Gasteiger partial charge < -0.3 is 15.2 Å². The van der Waals surface area contributed by atoms with Crippen molar-refractivity contribution in [2.24, 2.45) is 0 Å². The molecule has 3 rings (SSSR count). The fourth-order valence-electron chi connectivity index (χ4n) is 2.56. The number of methoxy groups -OCH3 is 2. The Labute approximate surface area is 141 Å². The molecule has 0 amide bonds. The Hall–Kier alpha value is -2.46. The Morgan fingerprint density at radius 3 is 2.30 bits per heavy atom. The number of nitrogen functional groups attached to an aromatic ring is 1. The number of ether oxygens (including phenoxy) is 2. The lowest BCUT2D eigenvalue weighted by atomic mass is 10.0. The number of pyridine rings is 1. The first kappa shape index (κ1) is 16.9. The molecule has 3 aromatic rings. The van der Waals surface area contributed by atoms with Crippen LogP contribution in [0.1, 0.15) is 5.56 Å². The number of aromatic nitrogens is 1. The molecule has 0 bridgehead atoms. The third-order valence-electron chi connectivity index (χ3n) is 3.68. The van der Waals surface area contributed by atoms with Crippen LogP contribution in [0.2, 0.25) is 0 Å². The summed E-state index contributed by atoms with van der Waals surface area (Å²) in [4.78, 5) is 4.52. The van der Waals surface area contributed by atoms with Crippen LogP contribution in [0.4, 0.5) is 5.82 Å². The highest BCUT2D eigenvalue weighted by atomic mass is 35.5. The van der Waals surface area contributed by atoms with Crippen LogP contribution in [0.5, 0.6) is 11.5 Å². The third kappa shape index (κ3) is 3.17. The molecule has 120 valence electrons. The van der Waals surface area contributed by atoms with E-state index in [-0.39, 0.29) is 12.4 Å². The van der Waals surface area contributed by atoms with E-state index in [1.165, 1.54) is 5.56 Å². The topological polar surface area (TPSA) is 57.4 Å². The van der Waals surface area contributed by atoms with Gasteiger partial charge in [-0.05, 0) is 36.6 Å². The van der Waals surface area contributed by atoms with Gasteiger partial charge in [0.1, 0.15) is 5.82 Å². The fourth-order valence-corrected chi connectivity index (χ4v) is 2.56. The number of rotatable bonds is 3. The molecule has 4 nitrogen and oxygen atoms in total. The third-order valence-corrected chi connectivity index (χ3v) is 3.68. The number of anilines is 1. The minimum absolute atomic E-state index is 0. The molecule has 1 heterocycles. The summed E-state index contributed by atoms with van der Waals surface area (Å²) in [5, 5.41) is 1.83. The van der Waals surface area contributed by atoms with Gasteiger partial charge in [0.25, 0.3) is 0 Å². The first-order valence-electron chi connectivity index (χ1n) is 7.01. The van der Waals surface area contributed by atoms with E-state index in [0.29, 0.717) is 17.3 Å². The minimum Gasteiger partial charge on any atom is -0.493 e. The van der Waals surface area contributed by atoms with Gasteiger partial charge in [0.05, 0.1) is 19.9 Å². The summed E-state index contributed by atoms with van der Waals surface area (Å²) in [5.74, 6) is 1.80. The van der Waals surface area contributed by atoms with Gasteiger partial charge in [-0.3, -0.25) is 0 Å². The van der Waals surface area contributed by atoms with Gasteiger partial charge in [-0.15, -0.1) is 12.4 Å². The lowest BCUT2D eigenvalue weighted by Crippen LogP contribution is -1.97. The van der Waals surface area contributed by atoms with Crippen molar-refractivity contribution >= 4 is 29.0 Å². The summed E-state index contributed by atoms with van der Waals surface area (Å²) in [6, 6.07) is 14.0. The Bertz CT molecular complexity index is 850. The lowest BCUT2D eigenvalue weighted by Gasteiger charge is -2.12. The van der Waals surface area contributed by atoms with Crippen LogP contribution in [0.3, 0.4) is 0 Å². The molecule has 0 fully saturated rings. The van der Waals surface area contributed by atoms with E-state index >= 15 is 0 Å². The largest absolute Gasteiger partial charge is 0.493 e. The molecule has 0 radical (unpaired) electrons. The Morgan fingerprint density at radius 1 is 0.957 bits per heavy atom. The van der Waals surface area contributed by atoms with Crippen molar-refractivity contribution in [3.05, 3.63) is 48.0 Å². The first-order valence-corrected chi connectivity index (χ1v) is 7.01. The van der Waals surface area contributed by atoms with Crippen LogP contribution in [-0.4, -0.2) is 19.2 Å². The molecule has 0 aliphatic carbocycles. The zero-order valence-electron chi connectivity index (χ0n) is 13.3. The molecule has 2 N–H and O–H groups in total. The highest BCUT2D eigenvalue weighted by Crippen LogP contribution is 2.35. The maximum absolute atomic E-state index is 6.14. The normalized spacial score (nSPS) is 10.2. The first-order chi connectivity index (χ1) is 10.6. The van der Waals surface area contributed by atoms with Crippen LogP contribution < -0.4 is 15.2 Å². The molecule has 0 aliphatic heterocycles. The van der Waals surface area contributed by atoms with E-state index in [9.17, 15) is 0 Å². The lowest BCUT2D eigenvalue weighted by molar-refractivity contribution is 0.356. The van der Waals surface area contributed by atoms with Gasteiger partial charge in [0.2, 0.25) is 0 Å². The van der Waals surface area contributed by atoms with Crippen molar-refractivity contribution in [3.8, 4) is 22.8 Å². The Kier molecular flexibility index (Phi) is 4.96. The number of nitrogens with two attached hydrogens (primary N) is 1. The monoisotopic (exact) mass is 330 g/mol. The van der Waals surface area contributed by atoms with Gasteiger partial charge in [-0.25, -0.2) is 4.98 Å². The Morgan fingerprint density at radius 2 is 1.65 bits per heavy atom. The van der Waals surface area contributed by atoms with Crippen molar-refractivity contribution < 1.29 is 9.47 Å². The SMILES string of the molecule is COc1cc2cc(-c3cccc(C)c3)nc(N)c2cc1OC.Cl. The van der Waals surface area contributed by atoms with Crippen LogP contribution in [-0.2, 0) is 0 Å². The van der Waals surface area contributed by atoms with E-state index in [2.05, 4.69) is 24.0 Å². The summed E-state index contributed by atoms with van der Waals surface area (Å²) in [6.07, 6.45) is 0. The number of hydrogen-bond donors (Lipinski definition) is 1. The zero-order chi connectivity index (χ0) is 15.7. The number of halogens is 1. The van der Waals surface area contributed by atoms with E-state index in [0.717, 1.165) is 22.0 Å². The van der Waals surface area contributed by atoms with Crippen molar-refractivity contribution in [1.29, 1.82) is 0 Å². The Balaban J connectivity index is 0.00000192. The highest BCUT2D eigenvalue weighted by Gasteiger charge is 2.11. The average molecular weight is 331 g/mol. The van der Waals surface area contributed by atoms with E-state index in [1.807, 2.05) is 30.3 Å². The number of hydrogen-bond acceptors (Lipinski definition) is 4. The van der Waals surface area contributed by atoms with Gasteiger partial charge in [0.15, 0.2) is 11.5 Å². The molecule has 0 aliphatic rings. The quantitative estimate of drug-likeness (QED) is 0.780. The average Bonchev–Trinajstić information content (AvgIpc) is 2.53. The van der Waals surface area contributed by atoms with E-state index in [4.69, 9.17) is 15.2 Å². The molecule has 0 saturated carbocycles. The van der Waals surface area contributed by atoms with Crippen molar-refractivity contribution in [1.82, 2.24) is 4.98 Å². The summed E-state index contributed by atoms with van der Waals surface area (Å²) in [7, 11) is 3.23. The van der Waals surface area contributed by atoms with Crippen LogP contribution in [0.25, 0.3) is 22.0 Å². The van der Waals surface area contributed by atoms with Crippen LogP contribution in [0.15, 0.2) is 42.5 Å². The summed E-state index contributed by atoms with van der Waals surface area (Å²) < 4.78 is 10.7. The van der Waals surface area contributed by atoms with Crippen molar-refractivity contribution in [2.75, 3.05) is 20.0 Å². The summed E-state index contributed by atoms with van der Waals surface area (Å²) >= 11 is 0. The number of benzene rings is 2. The number of fused-ring (bicyclic) bond motifs is 1. The predicted molar refractivity (Wildman–Crippen MR) is 96.7 cm³/mol. The van der Waals surface area contributed by atoms with Gasteiger partial charge >= 0.3 is 0 Å². The van der Waals surface area contributed by atoms with E-state index < -0.39 is 0 Å². The second-order valence-electron chi connectivity index (χ2n) is 5.19. The highest BCUT2D eigenvalue weighted by molar-refractivity contribution is 5.96. The smallest absolute Gasteiger partial charge is 0.161 e. The molecule has 1 aromatic heterocycles. The number of aryl methyl sites for hydroxylation is 1. The van der Waals surface area contributed by atoms with E-state index in [1.54, 1.807) is 14.2 Å². The maximum Gasteiger partial charge on any atom is 0.161 e. The molecular weight excluding hydrogens is 312 g/mol. The van der Waals surface area contributed by atoms with Gasteiger partial charge in [-0.2, -0.15) is 0 Å². The van der Waals surface area contributed by atoms with Crippen molar-refractivity contribution in [2.45, 2.75) is 6.92 Å². The summed E-state index contributed by atoms with van der Waals surface area (Å²) in [6.45, 7) is 2.06. The summed E-state index contributed by atoms with van der Waals surface area (Å²) in [5.41, 5.74) is 9.22. The molecule has 0 atom stereocenters. The molecular formula is C18H19ClN2O2. The van der Waals surface area contributed by atoms with Gasteiger partial charge in [0, 0.05) is 10.9 Å². The fraction of sp³-hybridized carbons (Fsp3) is 0.167. The molecule has 2 aromatic carbocycles. The van der Waals surface area contributed by atoms with Crippen LogP contribution in [0, 0.1) is 6.92 Å². The second kappa shape index (κ2) is 6.75. The molecule has 0 saturated heterocycles. The molecule has 5 heteroatoms. The van der Waals surface area contributed by atoms with Crippen molar-refractivity contribution in [3.63, 3.8) is 0 Å². The van der Waals surface area contributed by atoms with Gasteiger partial charge in [-0.1, -0.05) is 23.8 Å². The second-order valence-corrected chi connectivity index (χ2v) is 5.19. The van der Waals surface area contributed by atoms with Crippen LogP contribution >= 0.6 is 12.4 Å². The number of nitrogens with zero attached hydrogens (tertiary/aromatic N) is 1. The maximum atomic E-state index is 6.14. The standard InChI is InChI=1S/C18H18N2O2.ClH/c1-11-5-4-6-12(7-11)15-8-13-9-16(21-2)17(22-3)10-14(13)18(19)20-15;/h4-10H,1-3H3,(H2,19,20);1H. The molecule has 0 unspecified atom stereocenters. The minimum atomic E-state index is 0. The zero-order valence-corrected chi connectivity index (χ0v) is 14.1. The molecule has 23 heavy (non-hydrogen) atoms. The molecule has 0 spiro atoms.